The number of nitrogens with one attached hydrogen (secondary N) is 1. The molecule has 24 heavy (non-hydrogen) atoms. The maximum Gasteiger partial charge on any atom is 0.259 e. The van der Waals surface area contributed by atoms with Crippen LogP contribution in [0.1, 0.15) is 35.7 Å². The lowest BCUT2D eigenvalue weighted by atomic mass is 10.0. The van der Waals surface area contributed by atoms with Crippen LogP contribution in [0, 0.1) is 0 Å². The summed E-state index contributed by atoms with van der Waals surface area (Å²) < 4.78 is 15.9. The highest BCUT2D eigenvalue weighted by Crippen LogP contribution is 2.39. The molecule has 2 rings (SSSR count). The normalized spacial score (nSPS) is 10.4. The summed E-state index contributed by atoms with van der Waals surface area (Å²) in [4.78, 5) is 12.7. The van der Waals surface area contributed by atoms with Gasteiger partial charge in [0, 0.05) is 5.69 Å². The zero-order valence-electron chi connectivity index (χ0n) is 14.7. The minimum atomic E-state index is -0.270. The molecule has 0 saturated heterocycles. The first-order valence-corrected chi connectivity index (χ1v) is 7.72. The molecule has 0 aliphatic carbocycles. The first kappa shape index (κ1) is 17.7. The summed E-state index contributed by atoms with van der Waals surface area (Å²) in [5.41, 5.74) is 2.28. The molecule has 5 heteroatoms. The van der Waals surface area contributed by atoms with Gasteiger partial charge in [-0.25, -0.2) is 0 Å². The van der Waals surface area contributed by atoms with Crippen LogP contribution in [0.5, 0.6) is 17.2 Å². The molecule has 0 saturated carbocycles. The third-order valence-corrected chi connectivity index (χ3v) is 3.76. The van der Waals surface area contributed by atoms with Gasteiger partial charge in [0.1, 0.15) is 0 Å². The summed E-state index contributed by atoms with van der Waals surface area (Å²) in [7, 11) is 4.54. The van der Waals surface area contributed by atoms with Gasteiger partial charge in [0.25, 0.3) is 5.91 Å². The fraction of sp³-hybridized carbons (Fsp3) is 0.316. The smallest absolute Gasteiger partial charge is 0.259 e. The number of carbonyl (C=O) groups is 1. The number of anilines is 1. The zero-order valence-corrected chi connectivity index (χ0v) is 14.7. The Hall–Kier alpha value is -2.69. The quantitative estimate of drug-likeness (QED) is 0.867. The molecule has 2 aromatic carbocycles. The lowest BCUT2D eigenvalue weighted by molar-refractivity contribution is 0.102. The number of amides is 1. The zero-order chi connectivity index (χ0) is 17.7. The van der Waals surface area contributed by atoms with Gasteiger partial charge in [-0.15, -0.1) is 0 Å². The first-order valence-electron chi connectivity index (χ1n) is 7.72. The van der Waals surface area contributed by atoms with Crippen LogP contribution in [-0.2, 0) is 0 Å². The minimum absolute atomic E-state index is 0.270. The van der Waals surface area contributed by atoms with E-state index in [-0.39, 0.29) is 5.91 Å². The second-order valence-corrected chi connectivity index (χ2v) is 5.62. The average molecular weight is 329 g/mol. The summed E-state index contributed by atoms with van der Waals surface area (Å²) in [6, 6.07) is 11.1. The molecule has 128 valence electrons. The highest BCUT2D eigenvalue weighted by molar-refractivity contribution is 6.07. The van der Waals surface area contributed by atoms with Crippen molar-refractivity contribution in [1.29, 1.82) is 0 Å². The van der Waals surface area contributed by atoms with Gasteiger partial charge in [-0.1, -0.05) is 26.0 Å². The number of rotatable bonds is 6. The molecule has 1 amide bonds. The molecule has 5 nitrogen and oxygen atoms in total. The molecule has 0 aliphatic rings. The number of methoxy groups -OCH3 is 3. The molecule has 0 fully saturated rings. The van der Waals surface area contributed by atoms with Crippen molar-refractivity contribution in [3.63, 3.8) is 0 Å². The van der Waals surface area contributed by atoms with Crippen molar-refractivity contribution in [2.75, 3.05) is 26.6 Å². The van der Waals surface area contributed by atoms with Crippen molar-refractivity contribution in [1.82, 2.24) is 0 Å². The Morgan fingerprint density at radius 2 is 1.67 bits per heavy atom. The van der Waals surface area contributed by atoms with Gasteiger partial charge in [0.2, 0.25) is 5.75 Å². The van der Waals surface area contributed by atoms with E-state index in [1.807, 2.05) is 24.3 Å². The number of benzene rings is 2. The van der Waals surface area contributed by atoms with Crippen molar-refractivity contribution < 1.29 is 19.0 Å². The van der Waals surface area contributed by atoms with E-state index in [9.17, 15) is 4.79 Å². The van der Waals surface area contributed by atoms with E-state index in [0.717, 1.165) is 11.3 Å². The van der Waals surface area contributed by atoms with Gasteiger partial charge in [-0.3, -0.25) is 4.79 Å². The van der Waals surface area contributed by atoms with Gasteiger partial charge in [0.15, 0.2) is 11.5 Å². The van der Waals surface area contributed by atoms with E-state index < -0.39 is 0 Å². The fourth-order valence-corrected chi connectivity index (χ4v) is 2.45. The number of ether oxygens (including phenoxy) is 3. The summed E-state index contributed by atoms with van der Waals surface area (Å²) in [5, 5.41) is 2.90. The molecule has 0 radical (unpaired) electrons. The fourth-order valence-electron chi connectivity index (χ4n) is 2.45. The van der Waals surface area contributed by atoms with E-state index in [2.05, 4.69) is 19.2 Å². The van der Waals surface area contributed by atoms with Crippen LogP contribution >= 0.6 is 0 Å². The Bertz CT molecular complexity index is 725. The summed E-state index contributed by atoms with van der Waals surface area (Å²) in [6.07, 6.45) is 0. The molecule has 0 aromatic heterocycles. The third-order valence-electron chi connectivity index (χ3n) is 3.76. The predicted molar refractivity (Wildman–Crippen MR) is 94.6 cm³/mol. The minimum Gasteiger partial charge on any atom is -0.493 e. The number of hydrogen-bond donors (Lipinski definition) is 1. The SMILES string of the molecule is COc1ccc(C(=O)Nc2cccc(C(C)C)c2)c(OC)c1OC. The third kappa shape index (κ3) is 3.62. The Morgan fingerprint density at radius 3 is 2.25 bits per heavy atom. The van der Waals surface area contributed by atoms with Crippen LogP contribution in [0.4, 0.5) is 5.69 Å². The Kier molecular flexibility index (Phi) is 5.68. The highest BCUT2D eigenvalue weighted by Gasteiger charge is 2.20. The van der Waals surface area contributed by atoms with Crippen molar-refractivity contribution in [2.24, 2.45) is 0 Å². The van der Waals surface area contributed by atoms with Crippen LogP contribution in [0.2, 0.25) is 0 Å². The molecule has 2 aromatic rings. The molecular weight excluding hydrogens is 306 g/mol. The summed E-state index contributed by atoms with van der Waals surface area (Å²) in [5.74, 6) is 1.36. The van der Waals surface area contributed by atoms with Gasteiger partial charge >= 0.3 is 0 Å². The van der Waals surface area contributed by atoms with Crippen LogP contribution in [-0.4, -0.2) is 27.2 Å². The van der Waals surface area contributed by atoms with Gasteiger partial charge in [-0.05, 0) is 35.7 Å². The second-order valence-electron chi connectivity index (χ2n) is 5.62. The van der Waals surface area contributed by atoms with Crippen molar-refractivity contribution >= 4 is 11.6 Å². The molecule has 0 heterocycles. The molecule has 0 unspecified atom stereocenters. The molecule has 0 bridgehead atoms. The van der Waals surface area contributed by atoms with E-state index >= 15 is 0 Å². The van der Waals surface area contributed by atoms with E-state index in [1.165, 1.54) is 21.3 Å². The lowest BCUT2D eigenvalue weighted by Crippen LogP contribution is -2.14. The second kappa shape index (κ2) is 7.73. The largest absolute Gasteiger partial charge is 0.493 e. The molecule has 0 atom stereocenters. The summed E-state index contributed by atoms with van der Waals surface area (Å²) >= 11 is 0. The van der Waals surface area contributed by atoms with Crippen molar-refractivity contribution in [2.45, 2.75) is 19.8 Å². The molecule has 1 N–H and O–H groups in total. The molecule has 0 spiro atoms. The van der Waals surface area contributed by atoms with Gasteiger partial charge in [-0.2, -0.15) is 0 Å². The van der Waals surface area contributed by atoms with Gasteiger partial charge in [0.05, 0.1) is 26.9 Å². The van der Waals surface area contributed by atoms with Crippen LogP contribution in [0.3, 0.4) is 0 Å². The lowest BCUT2D eigenvalue weighted by Gasteiger charge is -2.16. The van der Waals surface area contributed by atoms with Gasteiger partial charge < -0.3 is 19.5 Å². The Labute approximate surface area is 142 Å². The molecular formula is C19H23NO4. The number of hydrogen-bond acceptors (Lipinski definition) is 4. The first-order chi connectivity index (χ1) is 11.5. The van der Waals surface area contributed by atoms with Crippen LogP contribution in [0.15, 0.2) is 36.4 Å². The maximum atomic E-state index is 12.7. The monoisotopic (exact) mass is 329 g/mol. The maximum absolute atomic E-state index is 12.7. The van der Waals surface area contributed by atoms with E-state index in [0.29, 0.717) is 28.7 Å². The van der Waals surface area contributed by atoms with E-state index in [1.54, 1.807) is 12.1 Å². The van der Waals surface area contributed by atoms with E-state index in [4.69, 9.17) is 14.2 Å². The van der Waals surface area contributed by atoms with Crippen molar-refractivity contribution in [3.05, 3.63) is 47.5 Å². The highest BCUT2D eigenvalue weighted by atomic mass is 16.5. The summed E-state index contributed by atoms with van der Waals surface area (Å²) in [6.45, 7) is 4.22. The predicted octanol–water partition coefficient (Wildman–Crippen LogP) is 4.09. The number of carbonyl (C=O) groups excluding carboxylic acids is 1. The standard InChI is InChI=1S/C19H23NO4/c1-12(2)13-7-6-8-14(11-13)20-19(21)15-9-10-16(22-3)18(24-5)17(15)23-4/h6-12H,1-5H3,(H,20,21). The van der Waals surface area contributed by atoms with Crippen LogP contribution < -0.4 is 19.5 Å². The average Bonchev–Trinajstić information content (AvgIpc) is 2.60. The molecule has 0 aliphatic heterocycles. The van der Waals surface area contributed by atoms with Crippen LogP contribution in [0.25, 0.3) is 0 Å². The van der Waals surface area contributed by atoms with Crippen molar-refractivity contribution in [3.8, 4) is 17.2 Å². The topological polar surface area (TPSA) is 56.8 Å². The Morgan fingerprint density at radius 1 is 0.958 bits per heavy atom. The Balaban J connectivity index is 2.35.